The highest BCUT2D eigenvalue weighted by Gasteiger charge is 2.34. The summed E-state index contributed by atoms with van der Waals surface area (Å²) in [4.78, 5) is 24.4. The number of halogens is 1. The molecular weight excluding hydrogens is 288 g/mol. The second-order valence-electron chi connectivity index (χ2n) is 4.50. The first kappa shape index (κ1) is 13.4. The van der Waals surface area contributed by atoms with Gasteiger partial charge >= 0.3 is 0 Å². The van der Waals surface area contributed by atoms with E-state index in [1.807, 2.05) is 6.07 Å². The lowest BCUT2D eigenvalue weighted by atomic mass is 10.1. The molecule has 3 rings (SSSR count). The first-order valence-electron chi connectivity index (χ1n) is 6.33. The zero-order valence-electron chi connectivity index (χ0n) is 10.9. The van der Waals surface area contributed by atoms with E-state index in [0.717, 1.165) is 0 Å². The number of carbonyl (C=O) groups is 2. The molecule has 0 unspecified atom stereocenters. The summed E-state index contributed by atoms with van der Waals surface area (Å²) in [6.45, 7) is 0. The lowest BCUT2D eigenvalue weighted by Crippen LogP contribution is -2.35. The highest BCUT2D eigenvalue weighted by molar-refractivity contribution is 6.34. The van der Waals surface area contributed by atoms with E-state index in [4.69, 9.17) is 11.6 Å². The largest absolute Gasteiger partial charge is 0.282 e. The highest BCUT2D eigenvalue weighted by Crippen LogP contribution is 2.23. The van der Waals surface area contributed by atoms with Gasteiger partial charge in [-0.2, -0.15) is 0 Å². The number of hydrogen-bond donors (Lipinski definition) is 1. The molecule has 0 saturated carbocycles. The molecule has 5 heteroatoms. The third kappa shape index (κ3) is 2.53. The maximum absolute atomic E-state index is 12.4. The molecule has 1 heterocycles. The van der Waals surface area contributed by atoms with E-state index in [-0.39, 0.29) is 5.57 Å². The SMILES string of the molecule is O=C1NN(c2ccccc2)C(=O)/C1=C\c1ccccc1Cl. The van der Waals surface area contributed by atoms with Crippen molar-refractivity contribution in [2.75, 3.05) is 5.01 Å². The highest BCUT2D eigenvalue weighted by atomic mass is 35.5. The number of carbonyl (C=O) groups excluding carboxylic acids is 2. The van der Waals surface area contributed by atoms with Crippen molar-refractivity contribution >= 4 is 35.2 Å². The first-order chi connectivity index (χ1) is 10.2. The summed E-state index contributed by atoms with van der Waals surface area (Å²) < 4.78 is 0. The molecule has 1 saturated heterocycles. The second kappa shape index (κ2) is 5.42. The summed E-state index contributed by atoms with van der Waals surface area (Å²) >= 11 is 6.05. The molecule has 4 nitrogen and oxygen atoms in total. The third-order valence-electron chi connectivity index (χ3n) is 3.11. The van der Waals surface area contributed by atoms with Gasteiger partial charge in [0.2, 0.25) is 0 Å². The Morgan fingerprint density at radius 3 is 2.33 bits per heavy atom. The Kier molecular flexibility index (Phi) is 3.46. The van der Waals surface area contributed by atoms with E-state index in [0.29, 0.717) is 16.3 Å². The number of nitrogens with zero attached hydrogens (tertiary/aromatic N) is 1. The Balaban J connectivity index is 1.97. The molecule has 2 aromatic rings. The monoisotopic (exact) mass is 298 g/mol. The number of anilines is 1. The fourth-order valence-electron chi connectivity index (χ4n) is 2.06. The van der Waals surface area contributed by atoms with Crippen LogP contribution in [-0.4, -0.2) is 11.8 Å². The standard InChI is InChI=1S/C16H11ClN2O2/c17-14-9-5-4-6-11(14)10-13-15(20)18-19(16(13)21)12-7-2-1-3-8-12/h1-10H,(H,18,20)/b13-10-. The molecule has 0 bridgehead atoms. The van der Waals surface area contributed by atoms with Gasteiger partial charge in [-0.1, -0.05) is 48.0 Å². The number of hydrazine groups is 1. The predicted octanol–water partition coefficient (Wildman–Crippen LogP) is 2.80. The van der Waals surface area contributed by atoms with Crippen LogP contribution in [0.15, 0.2) is 60.2 Å². The molecule has 21 heavy (non-hydrogen) atoms. The van der Waals surface area contributed by atoms with E-state index in [2.05, 4.69) is 5.43 Å². The number of hydrogen-bond acceptors (Lipinski definition) is 2. The van der Waals surface area contributed by atoms with Crippen molar-refractivity contribution in [3.8, 4) is 0 Å². The molecule has 0 aromatic heterocycles. The summed E-state index contributed by atoms with van der Waals surface area (Å²) in [6.07, 6.45) is 1.50. The quantitative estimate of drug-likeness (QED) is 0.684. The Bertz CT molecular complexity index is 741. The summed E-state index contributed by atoms with van der Waals surface area (Å²) in [5.41, 5.74) is 3.85. The molecule has 1 fully saturated rings. The van der Waals surface area contributed by atoms with Crippen molar-refractivity contribution in [1.82, 2.24) is 5.43 Å². The van der Waals surface area contributed by atoms with Crippen LogP contribution < -0.4 is 10.4 Å². The molecule has 0 radical (unpaired) electrons. The molecule has 1 aliphatic heterocycles. The van der Waals surface area contributed by atoms with Crippen LogP contribution >= 0.6 is 11.6 Å². The summed E-state index contributed by atoms with van der Waals surface area (Å²) in [6, 6.07) is 16.0. The van der Waals surface area contributed by atoms with Gasteiger partial charge in [0.05, 0.1) is 5.69 Å². The Morgan fingerprint density at radius 2 is 1.62 bits per heavy atom. The first-order valence-corrected chi connectivity index (χ1v) is 6.71. The van der Waals surface area contributed by atoms with Gasteiger partial charge in [0, 0.05) is 5.02 Å². The van der Waals surface area contributed by atoms with Crippen LogP contribution in [0.5, 0.6) is 0 Å². The lowest BCUT2D eigenvalue weighted by molar-refractivity contribution is -0.117. The molecule has 104 valence electrons. The van der Waals surface area contributed by atoms with Gasteiger partial charge in [-0.15, -0.1) is 0 Å². The number of rotatable bonds is 2. The third-order valence-corrected chi connectivity index (χ3v) is 3.46. The van der Waals surface area contributed by atoms with Gasteiger partial charge in [0.25, 0.3) is 11.8 Å². The van der Waals surface area contributed by atoms with E-state index in [1.165, 1.54) is 11.1 Å². The molecular formula is C16H11ClN2O2. The van der Waals surface area contributed by atoms with Gasteiger partial charge in [0.15, 0.2) is 0 Å². The van der Waals surface area contributed by atoms with Crippen LogP contribution in [0.4, 0.5) is 5.69 Å². The van der Waals surface area contributed by atoms with Crippen molar-refractivity contribution in [3.05, 3.63) is 70.8 Å². The maximum atomic E-state index is 12.4. The fraction of sp³-hybridized carbons (Fsp3) is 0. The average molecular weight is 299 g/mol. The molecule has 0 aliphatic carbocycles. The molecule has 2 aromatic carbocycles. The molecule has 2 amide bonds. The average Bonchev–Trinajstić information content (AvgIpc) is 2.78. The predicted molar refractivity (Wildman–Crippen MR) is 81.5 cm³/mol. The topological polar surface area (TPSA) is 49.4 Å². The van der Waals surface area contributed by atoms with Crippen LogP contribution in [0.3, 0.4) is 0 Å². The van der Waals surface area contributed by atoms with Gasteiger partial charge in [-0.25, -0.2) is 5.01 Å². The van der Waals surface area contributed by atoms with Crippen molar-refractivity contribution in [3.63, 3.8) is 0 Å². The lowest BCUT2D eigenvalue weighted by Gasteiger charge is -2.13. The minimum Gasteiger partial charge on any atom is -0.267 e. The minimum atomic E-state index is -0.441. The van der Waals surface area contributed by atoms with Gasteiger partial charge in [0.1, 0.15) is 5.57 Å². The number of nitrogens with one attached hydrogen (secondary N) is 1. The Morgan fingerprint density at radius 1 is 0.952 bits per heavy atom. The number of benzene rings is 2. The fourth-order valence-corrected chi connectivity index (χ4v) is 2.25. The molecule has 1 N–H and O–H groups in total. The zero-order valence-corrected chi connectivity index (χ0v) is 11.7. The summed E-state index contributed by atoms with van der Waals surface area (Å²) in [5, 5.41) is 1.72. The number of amides is 2. The smallest absolute Gasteiger partial charge is 0.267 e. The van der Waals surface area contributed by atoms with Gasteiger partial charge in [-0.05, 0) is 29.8 Å². The van der Waals surface area contributed by atoms with Crippen molar-refractivity contribution < 1.29 is 9.59 Å². The number of para-hydroxylation sites is 1. The van der Waals surface area contributed by atoms with Crippen LogP contribution in [-0.2, 0) is 9.59 Å². The van der Waals surface area contributed by atoms with Gasteiger partial charge < -0.3 is 0 Å². The van der Waals surface area contributed by atoms with E-state index in [9.17, 15) is 9.59 Å². The minimum absolute atomic E-state index is 0.0620. The van der Waals surface area contributed by atoms with E-state index >= 15 is 0 Å². The van der Waals surface area contributed by atoms with Gasteiger partial charge in [-0.3, -0.25) is 15.0 Å². The van der Waals surface area contributed by atoms with Crippen molar-refractivity contribution in [2.24, 2.45) is 0 Å². The summed E-state index contributed by atoms with van der Waals surface area (Å²) in [7, 11) is 0. The zero-order chi connectivity index (χ0) is 14.8. The van der Waals surface area contributed by atoms with E-state index in [1.54, 1.807) is 48.5 Å². The van der Waals surface area contributed by atoms with Crippen LogP contribution in [0.2, 0.25) is 5.02 Å². The summed E-state index contributed by atoms with van der Waals surface area (Å²) in [5.74, 6) is -0.838. The van der Waals surface area contributed by atoms with Crippen molar-refractivity contribution in [1.29, 1.82) is 0 Å². The van der Waals surface area contributed by atoms with E-state index < -0.39 is 11.8 Å². The van der Waals surface area contributed by atoms with Crippen LogP contribution in [0.1, 0.15) is 5.56 Å². The molecule has 0 spiro atoms. The normalized spacial score (nSPS) is 16.4. The second-order valence-corrected chi connectivity index (χ2v) is 4.90. The Labute approximate surface area is 126 Å². The Hall–Kier alpha value is -2.59. The maximum Gasteiger partial charge on any atom is 0.282 e. The molecule has 0 atom stereocenters. The van der Waals surface area contributed by atoms with Crippen LogP contribution in [0.25, 0.3) is 6.08 Å². The molecule has 1 aliphatic rings. The van der Waals surface area contributed by atoms with Crippen LogP contribution in [0, 0.1) is 0 Å². The van der Waals surface area contributed by atoms with Crippen molar-refractivity contribution in [2.45, 2.75) is 0 Å².